The summed E-state index contributed by atoms with van der Waals surface area (Å²) in [5.41, 5.74) is 9.36. The van der Waals surface area contributed by atoms with Crippen LogP contribution >= 0.6 is 0 Å². The first-order valence-corrected chi connectivity index (χ1v) is 9.56. The lowest BCUT2D eigenvalue weighted by atomic mass is 9.91. The molecule has 1 aliphatic carbocycles. The third-order valence-corrected chi connectivity index (χ3v) is 5.15. The zero-order chi connectivity index (χ0) is 18.8. The van der Waals surface area contributed by atoms with Gasteiger partial charge in [-0.25, -0.2) is 0 Å². The van der Waals surface area contributed by atoms with Crippen LogP contribution in [-0.4, -0.2) is 16.7 Å². The van der Waals surface area contributed by atoms with Gasteiger partial charge in [0, 0.05) is 23.0 Å². The van der Waals surface area contributed by atoms with E-state index in [9.17, 15) is 0 Å². The Morgan fingerprint density at radius 3 is 2.85 bits per heavy atom. The number of fused-ring (bicyclic) bond motifs is 1. The van der Waals surface area contributed by atoms with Crippen molar-refractivity contribution in [3.63, 3.8) is 0 Å². The predicted octanol–water partition coefficient (Wildman–Crippen LogP) is 6.20. The monoisotopic (exact) mass is 352 g/mol. The number of allylic oxidation sites excluding steroid dienone is 3. The Labute approximate surface area is 161 Å². The van der Waals surface area contributed by atoms with Crippen molar-refractivity contribution >= 4 is 17.4 Å². The van der Waals surface area contributed by atoms with E-state index in [-0.39, 0.29) is 6.04 Å². The zero-order valence-corrected chi connectivity index (χ0v) is 15.9. The molecular formula is C25H24N2. The van der Waals surface area contributed by atoms with E-state index in [0.717, 1.165) is 35.2 Å². The molecule has 0 N–H and O–H groups in total. The van der Waals surface area contributed by atoms with Gasteiger partial charge in [-0.3, -0.25) is 9.98 Å². The molecule has 4 rings (SSSR count). The number of hydrogen-bond acceptors (Lipinski definition) is 2. The summed E-state index contributed by atoms with van der Waals surface area (Å²) in [5, 5.41) is 0. The zero-order valence-electron chi connectivity index (χ0n) is 15.9. The predicted molar refractivity (Wildman–Crippen MR) is 116 cm³/mol. The molecule has 0 bridgehead atoms. The fourth-order valence-electron chi connectivity index (χ4n) is 3.75. The summed E-state index contributed by atoms with van der Waals surface area (Å²) < 4.78 is 0. The molecule has 0 saturated heterocycles. The SMILES string of the molecule is C=Cc1ccc(-c2ncccc2C2=CC3=CC(CCC)=NC3C=C2)cc1C. The number of pyridine rings is 1. The van der Waals surface area contributed by atoms with Gasteiger partial charge >= 0.3 is 0 Å². The van der Waals surface area contributed by atoms with Crippen LogP contribution in [0.25, 0.3) is 22.9 Å². The normalized spacial score (nSPS) is 17.9. The van der Waals surface area contributed by atoms with Crippen molar-refractivity contribution < 1.29 is 0 Å². The molecule has 0 radical (unpaired) electrons. The molecular weight excluding hydrogens is 328 g/mol. The van der Waals surface area contributed by atoms with Gasteiger partial charge in [-0.2, -0.15) is 0 Å². The molecule has 1 aromatic heterocycles. The molecule has 2 heteroatoms. The van der Waals surface area contributed by atoms with Crippen molar-refractivity contribution in [1.82, 2.24) is 4.98 Å². The van der Waals surface area contributed by atoms with E-state index in [2.05, 4.69) is 69.0 Å². The van der Waals surface area contributed by atoms with Crippen molar-refractivity contribution in [2.24, 2.45) is 4.99 Å². The van der Waals surface area contributed by atoms with Gasteiger partial charge in [0.25, 0.3) is 0 Å². The third-order valence-electron chi connectivity index (χ3n) is 5.15. The van der Waals surface area contributed by atoms with Gasteiger partial charge in [-0.1, -0.05) is 56.4 Å². The maximum Gasteiger partial charge on any atom is 0.0937 e. The molecule has 2 aromatic rings. The summed E-state index contributed by atoms with van der Waals surface area (Å²) >= 11 is 0. The second kappa shape index (κ2) is 7.32. The Balaban J connectivity index is 1.74. The highest BCUT2D eigenvalue weighted by molar-refractivity contribution is 6.00. The fraction of sp³-hybridized carbons (Fsp3) is 0.200. The van der Waals surface area contributed by atoms with Gasteiger partial charge in [0.05, 0.1) is 11.7 Å². The molecule has 1 aliphatic heterocycles. The maximum atomic E-state index is 4.81. The first-order chi connectivity index (χ1) is 13.2. The van der Waals surface area contributed by atoms with Gasteiger partial charge < -0.3 is 0 Å². The summed E-state index contributed by atoms with van der Waals surface area (Å²) in [6.07, 6.45) is 14.8. The van der Waals surface area contributed by atoms with Crippen LogP contribution in [0.2, 0.25) is 0 Å². The van der Waals surface area contributed by atoms with E-state index < -0.39 is 0 Å². The van der Waals surface area contributed by atoms with E-state index in [0.29, 0.717) is 0 Å². The number of hydrogen-bond donors (Lipinski definition) is 0. The number of benzene rings is 1. The van der Waals surface area contributed by atoms with Crippen LogP contribution in [0, 0.1) is 6.92 Å². The van der Waals surface area contributed by atoms with Gasteiger partial charge in [0.1, 0.15) is 0 Å². The van der Waals surface area contributed by atoms with Crippen molar-refractivity contribution in [3.8, 4) is 11.3 Å². The Kier molecular flexibility index (Phi) is 4.72. The number of rotatable bonds is 5. The molecule has 1 aromatic carbocycles. The maximum absolute atomic E-state index is 4.81. The van der Waals surface area contributed by atoms with Crippen LogP contribution < -0.4 is 0 Å². The van der Waals surface area contributed by atoms with Crippen LogP contribution in [-0.2, 0) is 0 Å². The van der Waals surface area contributed by atoms with Crippen LogP contribution in [0.5, 0.6) is 0 Å². The molecule has 2 nitrogen and oxygen atoms in total. The average Bonchev–Trinajstić information content (AvgIpc) is 3.10. The number of aryl methyl sites for hydroxylation is 1. The smallest absolute Gasteiger partial charge is 0.0937 e. The quantitative estimate of drug-likeness (QED) is 0.628. The number of aromatic nitrogens is 1. The fourth-order valence-corrected chi connectivity index (χ4v) is 3.75. The van der Waals surface area contributed by atoms with Crippen LogP contribution in [0.3, 0.4) is 0 Å². The highest BCUT2D eigenvalue weighted by Crippen LogP contribution is 2.34. The summed E-state index contributed by atoms with van der Waals surface area (Å²) in [5.74, 6) is 0. The molecule has 27 heavy (non-hydrogen) atoms. The van der Waals surface area contributed by atoms with Gasteiger partial charge in [-0.15, -0.1) is 0 Å². The van der Waals surface area contributed by atoms with Crippen LogP contribution in [0.4, 0.5) is 0 Å². The molecule has 0 spiro atoms. The highest BCUT2D eigenvalue weighted by atomic mass is 14.8. The highest BCUT2D eigenvalue weighted by Gasteiger charge is 2.21. The lowest BCUT2D eigenvalue weighted by Crippen LogP contribution is -2.04. The van der Waals surface area contributed by atoms with Crippen molar-refractivity contribution in [2.75, 3.05) is 0 Å². The molecule has 1 atom stereocenters. The summed E-state index contributed by atoms with van der Waals surface area (Å²) in [6.45, 7) is 8.19. The molecule has 0 saturated carbocycles. The first kappa shape index (κ1) is 17.4. The molecule has 0 amide bonds. The third kappa shape index (κ3) is 3.35. The molecule has 134 valence electrons. The average molecular weight is 352 g/mol. The number of nitrogens with zero attached hydrogens (tertiary/aromatic N) is 2. The standard InChI is InChI=1S/C25H24N2/c1-4-7-22-16-21-15-19(11-12-24(21)27-22)23-8-6-13-26-25(23)20-10-9-18(5-2)17(3)14-20/h5-6,8-16,24H,2,4,7H2,1,3H3. The molecule has 1 unspecified atom stereocenters. The van der Waals surface area contributed by atoms with Crippen LogP contribution in [0.1, 0.15) is 36.5 Å². The van der Waals surface area contributed by atoms with E-state index >= 15 is 0 Å². The Morgan fingerprint density at radius 1 is 1.19 bits per heavy atom. The minimum atomic E-state index is 0.185. The molecule has 0 fully saturated rings. The summed E-state index contributed by atoms with van der Waals surface area (Å²) in [7, 11) is 0. The first-order valence-electron chi connectivity index (χ1n) is 9.56. The van der Waals surface area contributed by atoms with E-state index in [1.165, 1.54) is 22.4 Å². The van der Waals surface area contributed by atoms with Gasteiger partial charge in [-0.05, 0) is 59.9 Å². The number of aliphatic imine (C=N–C) groups is 1. The molecule has 2 aliphatic rings. The van der Waals surface area contributed by atoms with Gasteiger partial charge in [0.15, 0.2) is 0 Å². The van der Waals surface area contributed by atoms with E-state index in [1.54, 1.807) is 0 Å². The summed E-state index contributed by atoms with van der Waals surface area (Å²) in [6, 6.07) is 10.8. The van der Waals surface area contributed by atoms with Crippen LogP contribution in [0.15, 0.2) is 78.0 Å². The Hall–Kier alpha value is -3.00. The second-order valence-corrected chi connectivity index (χ2v) is 7.09. The van der Waals surface area contributed by atoms with Crippen molar-refractivity contribution in [2.45, 2.75) is 32.7 Å². The largest absolute Gasteiger partial charge is 0.277 e. The van der Waals surface area contributed by atoms with E-state index in [1.807, 2.05) is 18.3 Å². The topological polar surface area (TPSA) is 25.2 Å². The minimum absolute atomic E-state index is 0.185. The molecule has 2 heterocycles. The Morgan fingerprint density at radius 2 is 2.07 bits per heavy atom. The van der Waals surface area contributed by atoms with Gasteiger partial charge in [0.2, 0.25) is 0 Å². The van der Waals surface area contributed by atoms with Crippen molar-refractivity contribution in [1.29, 1.82) is 0 Å². The van der Waals surface area contributed by atoms with Crippen molar-refractivity contribution in [3.05, 3.63) is 89.7 Å². The lowest BCUT2D eigenvalue weighted by Gasteiger charge is -2.16. The lowest BCUT2D eigenvalue weighted by molar-refractivity contribution is 0.962. The summed E-state index contributed by atoms with van der Waals surface area (Å²) in [4.78, 5) is 9.51. The minimum Gasteiger partial charge on any atom is -0.277 e. The Bertz CT molecular complexity index is 1020. The second-order valence-electron chi connectivity index (χ2n) is 7.09. The van der Waals surface area contributed by atoms with E-state index in [4.69, 9.17) is 9.98 Å².